The number of methoxy groups -OCH3 is 1. The molecular formula is C20H21F2NO5. The lowest BCUT2D eigenvalue weighted by Crippen LogP contribution is -2.28. The first-order valence-electron chi connectivity index (χ1n) is 8.47. The van der Waals surface area contributed by atoms with Gasteiger partial charge in [-0.15, -0.1) is 0 Å². The molecule has 1 N–H and O–H groups in total. The highest BCUT2D eigenvalue weighted by atomic mass is 19.3. The molecule has 0 aromatic heterocycles. The van der Waals surface area contributed by atoms with Crippen molar-refractivity contribution in [3.05, 3.63) is 59.2 Å². The normalized spacial score (nSPS) is 10.5. The summed E-state index contributed by atoms with van der Waals surface area (Å²) in [5.41, 5.74) is 2.42. The third-order valence-corrected chi connectivity index (χ3v) is 3.89. The predicted octanol–water partition coefficient (Wildman–Crippen LogP) is 3.01. The Morgan fingerprint density at radius 3 is 2.54 bits per heavy atom. The van der Waals surface area contributed by atoms with Crippen LogP contribution in [-0.4, -0.2) is 32.2 Å². The van der Waals surface area contributed by atoms with Crippen molar-refractivity contribution < 1.29 is 32.6 Å². The molecule has 1 amide bonds. The highest BCUT2D eigenvalue weighted by molar-refractivity contribution is 5.81. The fourth-order valence-electron chi connectivity index (χ4n) is 2.43. The van der Waals surface area contributed by atoms with Crippen LogP contribution in [0.2, 0.25) is 0 Å². The van der Waals surface area contributed by atoms with E-state index in [1.54, 1.807) is 0 Å². The molecule has 0 radical (unpaired) electrons. The van der Waals surface area contributed by atoms with Crippen molar-refractivity contribution >= 4 is 11.9 Å². The minimum atomic E-state index is -2.96. The molecule has 0 aliphatic heterocycles. The van der Waals surface area contributed by atoms with E-state index in [1.165, 1.54) is 25.3 Å². The fourth-order valence-corrected chi connectivity index (χ4v) is 2.43. The van der Waals surface area contributed by atoms with Crippen LogP contribution in [0.5, 0.6) is 11.5 Å². The molecule has 28 heavy (non-hydrogen) atoms. The van der Waals surface area contributed by atoms with E-state index in [4.69, 9.17) is 9.47 Å². The Morgan fingerprint density at radius 2 is 1.86 bits per heavy atom. The standard InChI is InChI=1S/C20H21F2NO5/c1-13-5-3-4-6-15(13)10-19(25)27-12-18(24)23-11-14-7-8-16(28-20(21)22)17(9-14)26-2/h3-9,20H,10-12H2,1-2H3,(H,23,24). The van der Waals surface area contributed by atoms with E-state index in [1.807, 2.05) is 31.2 Å². The molecule has 0 aliphatic rings. The number of hydrogen-bond donors (Lipinski definition) is 1. The highest BCUT2D eigenvalue weighted by Gasteiger charge is 2.12. The second kappa shape index (κ2) is 10.2. The van der Waals surface area contributed by atoms with E-state index in [2.05, 4.69) is 10.1 Å². The zero-order valence-electron chi connectivity index (χ0n) is 15.5. The Morgan fingerprint density at radius 1 is 1.11 bits per heavy atom. The maximum absolute atomic E-state index is 12.3. The van der Waals surface area contributed by atoms with Gasteiger partial charge in [-0.1, -0.05) is 30.3 Å². The molecule has 0 heterocycles. The van der Waals surface area contributed by atoms with Crippen molar-refractivity contribution in [3.8, 4) is 11.5 Å². The Balaban J connectivity index is 1.80. The Kier molecular flexibility index (Phi) is 7.74. The number of rotatable bonds is 9. The zero-order chi connectivity index (χ0) is 20.5. The van der Waals surface area contributed by atoms with Crippen molar-refractivity contribution in [1.29, 1.82) is 0 Å². The van der Waals surface area contributed by atoms with Crippen LogP contribution < -0.4 is 14.8 Å². The average molecular weight is 393 g/mol. The quantitative estimate of drug-likeness (QED) is 0.663. The van der Waals surface area contributed by atoms with E-state index in [9.17, 15) is 18.4 Å². The van der Waals surface area contributed by atoms with Crippen molar-refractivity contribution in [1.82, 2.24) is 5.32 Å². The van der Waals surface area contributed by atoms with Crippen LogP contribution in [0.25, 0.3) is 0 Å². The first-order valence-corrected chi connectivity index (χ1v) is 8.47. The summed E-state index contributed by atoms with van der Waals surface area (Å²) < 4.78 is 39.0. The topological polar surface area (TPSA) is 73.9 Å². The van der Waals surface area contributed by atoms with Gasteiger partial charge in [-0.2, -0.15) is 8.78 Å². The summed E-state index contributed by atoms with van der Waals surface area (Å²) >= 11 is 0. The number of alkyl halides is 2. The number of benzene rings is 2. The summed E-state index contributed by atoms with van der Waals surface area (Å²) in [4.78, 5) is 23.7. The van der Waals surface area contributed by atoms with Crippen molar-refractivity contribution in [2.45, 2.75) is 26.5 Å². The van der Waals surface area contributed by atoms with Crippen molar-refractivity contribution in [2.24, 2.45) is 0 Å². The molecule has 0 fully saturated rings. The summed E-state index contributed by atoms with van der Waals surface area (Å²) in [5.74, 6) is -0.959. The maximum atomic E-state index is 12.3. The van der Waals surface area contributed by atoms with Crippen LogP contribution in [0.3, 0.4) is 0 Å². The number of halogens is 2. The minimum Gasteiger partial charge on any atom is -0.493 e. The van der Waals surface area contributed by atoms with Crippen LogP contribution >= 0.6 is 0 Å². The van der Waals surface area contributed by atoms with Crippen LogP contribution in [-0.2, 0) is 27.3 Å². The molecule has 2 aromatic rings. The summed E-state index contributed by atoms with van der Waals surface area (Å²) in [7, 11) is 1.32. The van der Waals surface area contributed by atoms with Crippen LogP contribution in [0.15, 0.2) is 42.5 Å². The SMILES string of the molecule is COc1cc(CNC(=O)COC(=O)Cc2ccccc2C)ccc1OC(F)F. The van der Waals surface area contributed by atoms with Gasteiger partial charge in [-0.25, -0.2) is 0 Å². The van der Waals surface area contributed by atoms with Crippen molar-refractivity contribution in [2.75, 3.05) is 13.7 Å². The predicted molar refractivity (Wildman–Crippen MR) is 97.3 cm³/mol. The van der Waals surface area contributed by atoms with Gasteiger partial charge in [-0.3, -0.25) is 9.59 Å². The van der Waals surface area contributed by atoms with Gasteiger partial charge in [0.25, 0.3) is 5.91 Å². The van der Waals surface area contributed by atoms with Gasteiger partial charge < -0.3 is 19.5 Å². The van der Waals surface area contributed by atoms with Gasteiger partial charge in [-0.05, 0) is 35.7 Å². The third kappa shape index (κ3) is 6.53. The molecule has 0 saturated heterocycles. The highest BCUT2D eigenvalue weighted by Crippen LogP contribution is 2.29. The molecule has 2 rings (SSSR count). The Bertz CT molecular complexity index is 826. The van der Waals surface area contributed by atoms with E-state index >= 15 is 0 Å². The molecule has 0 bridgehead atoms. The minimum absolute atomic E-state index is 0.0861. The summed E-state index contributed by atoms with van der Waals surface area (Å²) in [6, 6.07) is 11.7. The molecule has 8 heteroatoms. The number of esters is 1. The molecule has 2 aromatic carbocycles. The number of carbonyl (C=O) groups excluding carboxylic acids is 2. The first-order chi connectivity index (χ1) is 13.4. The van der Waals surface area contributed by atoms with Gasteiger partial charge in [0.05, 0.1) is 13.5 Å². The lowest BCUT2D eigenvalue weighted by atomic mass is 10.1. The Labute approximate surface area is 161 Å². The largest absolute Gasteiger partial charge is 0.493 e. The van der Waals surface area contributed by atoms with Gasteiger partial charge in [0.1, 0.15) is 0 Å². The third-order valence-electron chi connectivity index (χ3n) is 3.89. The number of ether oxygens (including phenoxy) is 3. The summed E-state index contributed by atoms with van der Waals surface area (Å²) in [6.45, 7) is -1.37. The number of carbonyl (C=O) groups is 2. The fraction of sp³-hybridized carbons (Fsp3) is 0.300. The number of hydrogen-bond acceptors (Lipinski definition) is 5. The monoisotopic (exact) mass is 393 g/mol. The van der Waals surface area contributed by atoms with Gasteiger partial charge in [0, 0.05) is 6.54 Å². The molecule has 0 unspecified atom stereocenters. The number of aryl methyl sites for hydroxylation is 1. The van der Waals surface area contributed by atoms with Gasteiger partial charge in [0.2, 0.25) is 0 Å². The second-order valence-electron chi connectivity index (χ2n) is 5.90. The lowest BCUT2D eigenvalue weighted by Gasteiger charge is -2.12. The van der Waals surface area contributed by atoms with Crippen LogP contribution in [0, 0.1) is 6.92 Å². The van der Waals surface area contributed by atoms with Crippen LogP contribution in [0.1, 0.15) is 16.7 Å². The molecule has 0 atom stereocenters. The maximum Gasteiger partial charge on any atom is 0.387 e. The molecule has 150 valence electrons. The van der Waals surface area contributed by atoms with Gasteiger partial charge in [0.15, 0.2) is 18.1 Å². The smallest absolute Gasteiger partial charge is 0.387 e. The molecular weight excluding hydrogens is 372 g/mol. The van der Waals surface area contributed by atoms with E-state index in [0.29, 0.717) is 5.56 Å². The van der Waals surface area contributed by atoms with Gasteiger partial charge >= 0.3 is 12.6 Å². The summed E-state index contributed by atoms with van der Waals surface area (Å²) in [6.07, 6.45) is 0.0861. The zero-order valence-corrected chi connectivity index (χ0v) is 15.5. The summed E-state index contributed by atoms with van der Waals surface area (Å²) in [5, 5.41) is 2.58. The molecule has 6 nitrogen and oxygen atoms in total. The molecule has 0 spiro atoms. The van der Waals surface area contributed by atoms with E-state index in [0.717, 1.165) is 11.1 Å². The Hall–Kier alpha value is -3.16. The second-order valence-corrected chi connectivity index (χ2v) is 5.90. The molecule has 0 aliphatic carbocycles. The van der Waals surface area contributed by atoms with E-state index in [-0.39, 0.29) is 24.5 Å². The van der Waals surface area contributed by atoms with E-state index < -0.39 is 25.1 Å². The van der Waals surface area contributed by atoms with Crippen LogP contribution in [0.4, 0.5) is 8.78 Å². The number of amides is 1. The molecule has 0 saturated carbocycles. The number of nitrogens with one attached hydrogen (secondary N) is 1. The van der Waals surface area contributed by atoms with Crippen molar-refractivity contribution in [3.63, 3.8) is 0 Å². The average Bonchev–Trinajstić information content (AvgIpc) is 2.67. The lowest BCUT2D eigenvalue weighted by molar-refractivity contribution is -0.147. The first kappa shape index (κ1) is 21.1.